The molecule has 2 N–H and O–H groups in total. The Morgan fingerprint density at radius 2 is 0.706 bits per heavy atom. The quantitative estimate of drug-likeness (QED) is 0.160. The molecule has 0 heterocycles. The van der Waals surface area contributed by atoms with Crippen LogP contribution in [0.4, 0.5) is 0 Å². The lowest BCUT2D eigenvalue weighted by Gasteiger charge is -2.20. The van der Waals surface area contributed by atoms with Gasteiger partial charge in [0.05, 0.1) is 11.8 Å². The summed E-state index contributed by atoms with van der Waals surface area (Å²) in [5, 5.41) is 19.4. The van der Waals surface area contributed by atoms with Crippen molar-refractivity contribution in [1.29, 1.82) is 0 Å². The number of aliphatic carboxylic acids is 2. The summed E-state index contributed by atoms with van der Waals surface area (Å²) < 4.78 is 0. The standard InChI is InChI=1S/C30H58O4/c1-29(2,3)23-19-15-11-7-9-13-17-21-25(27(31)32)26(28(33)34)22-18-14-10-8-12-16-20-24-30(4,5)6/h25-26H,7-24H2,1-6H3,(H,31,32)(H,33,34). The molecule has 0 aromatic rings. The van der Waals surface area contributed by atoms with Gasteiger partial charge in [-0.25, -0.2) is 0 Å². The van der Waals surface area contributed by atoms with E-state index in [0.717, 1.165) is 38.5 Å². The number of unbranched alkanes of at least 4 members (excludes halogenated alkanes) is 12. The summed E-state index contributed by atoms with van der Waals surface area (Å²) in [6, 6.07) is 0. The smallest absolute Gasteiger partial charge is 0.307 e. The molecule has 0 fully saturated rings. The molecule has 0 bridgehead atoms. The van der Waals surface area contributed by atoms with Gasteiger partial charge in [-0.2, -0.15) is 0 Å². The number of hydrogen-bond acceptors (Lipinski definition) is 2. The van der Waals surface area contributed by atoms with Crippen LogP contribution in [-0.4, -0.2) is 22.2 Å². The Balaban J connectivity index is 4.05. The van der Waals surface area contributed by atoms with Gasteiger partial charge in [-0.3, -0.25) is 9.59 Å². The van der Waals surface area contributed by atoms with Gasteiger partial charge in [-0.1, -0.05) is 131 Å². The van der Waals surface area contributed by atoms with E-state index in [0.29, 0.717) is 23.7 Å². The molecule has 2 unspecified atom stereocenters. The van der Waals surface area contributed by atoms with Crippen LogP contribution >= 0.6 is 0 Å². The van der Waals surface area contributed by atoms with Crippen LogP contribution < -0.4 is 0 Å². The van der Waals surface area contributed by atoms with E-state index in [1.807, 2.05) is 0 Å². The second kappa shape index (κ2) is 18.2. The van der Waals surface area contributed by atoms with Gasteiger partial charge >= 0.3 is 11.9 Å². The monoisotopic (exact) mass is 482 g/mol. The Morgan fingerprint density at radius 3 is 0.941 bits per heavy atom. The Hall–Kier alpha value is -1.06. The number of carboxylic acid groups (broad SMARTS) is 2. The molecule has 4 heteroatoms. The van der Waals surface area contributed by atoms with Crippen LogP contribution in [-0.2, 0) is 9.59 Å². The van der Waals surface area contributed by atoms with E-state index in [-0.39, 0.29) is 0 Å². The van der Waals surface area contributed by atoms with Crippen molar-refractivity contribution in [3.05, 3.63) is 0 Å². The Morgan fingerprint density at radius 1 is 0.471 bits per heavy atom. The first-order valence-electron chi connectivity index (χ1n) is 14.3. The minimum absolute atomic E-state index is 0.415. The zero-order valence-electron chi connectivity index (χ0n) is 23.6. The summed E-state index contributed by atoms with van der Waals surface area (Å²) in [6.45, 7) is 13.7. The molecule has 34 heavy (non-hydrogen) atoms. The molecular formula is C30H58O4. The number of carbonyl (C=O) groups is 2. The lowest BCUT2D eigenvalue weighted by molar-refractivity contribution is -0.154. The van der Waals surface area contributed by atoms with Gasteiger partial charge in [0.25, 0.3) is 0 Å². The maximum absolute atomic E-state index is 11.8. The molecule has 202 valence electrons. The van der Waals surface area contributed by atoms with Crippen molar-refractivity contribution in [3.8, 4) is 0 Å². The van der Waals surface area contributed by atoms with Crippen LogP contribution in [0.3, 0.4) is 0 Å². The Bertz CT molecular complexity index is 479. The zero-order valence-corrected chi connectivity index (χ0v) is 23.6. The first-order valence-corrected chi connectivity index (χ1v) is 14.3. The third-order valence-electron chi connectivity index (χ3n) is 7.00. The molecule has 0 aliphatic carbocycles. The average Bonchev–Trinajstić information content (AvgIpc) is 2.69. The highest BCUT2D eigenvalue weighted by Crippen LogP contribution is 2.27. The summed E-state index contributed by atoms with van der Waals surface area (Å²) in [5.74, 6) is -3.37. The van der Waals surface area contributed by atoms with Crippen molar-refractivity contribution >= 4 is 11.9 Å². The fourth-order valence-electron chi connectivity index (χ4n) is 4.80. The van der Waals surface area contributed by atoms with Crippen LogP contribution in [0, 0.1) is 22.7 Å². The molecule has 0 amide bonds. The lowest BCUT2D eigenvalue weighted by Crippen LogP contribution is -2.30. The first kappa shape index (κ1) is 32.9. The highest BCUT2D eigenvalue weighted by molar-refractivity contribution is 5.79. The zero-order chi connectivity index (χ0) is 26.0. The van der Waals surface area contributed by atoms with Gasteiger partial charge in [0.2, 0.25) is 0 Å². The van der Waals surface area contributed by atoms with Gasteiger partial charge in [0.1, 0.15) is 0 Å². The molecule has 0 aromatic carbocycles. The van der Waals surface area contributed by atoms with E-state index in [2.05, 4.69) is 41.5 Å². The maximum atomic E-state index is 11.8. The molecule has 0 aromatic heterocycles. The van der Waals surface area contributed by atoms with Gasteiger partial charge in [0.15, 0.2) is 0 Å². The van der Waals surface area contributed by atoms with Crippen LogP contribution in [0.15, 0.2) is 0 Å². The van der Waals surface area contributed by atoms with Gasteiger partial charge in [0, 0.05) is 0 Å². The molecule has 4 nitrogen and oxygen atoms in total. The summed E-state index contributed by atoms with van der Waals surface area (Å²) >= 11 is 0. The fraction of sp³-hybridized carbons (Fsp3) is 0.933. The van der Waals surface area contributed by atoms with E-state index in [4.69, 9.17) is 0 Å². The second-order valence-electron chi connectivity index (χ2n) is 13.0. The SMILES string of the molecule is CC(C)(C)CCCCCCCCCC(C(=O)O)C(CCCCCCCCCC(C)(C)C)C(=O)O. The van der Waals surface area contributed by atoms with E-state index in [9.17, 15) is 19.8 Å². The minimum atomic E-state index is -0.937. The second-order valence-corrected chi connectivity index (χ2v) is 13.0. The van der Waals surface area contributed by atoms with Crippen molar-refractivity contribution in [1.82, 2.24) is 0 Å². The van der Waals surface area contributed by atoms with Gasteiger partial charge in [-0.05, 0) is 36.5 Å². The molecular weight excluding hydrogens is 424 g/mol. The molecule has 0 rings (SSSR count). The van der Waals surface area contributed by atoms with Crippen molar-refractivity contribution in [2.75, 3.05) is 0 Å². The van der Waals surface area contributed by atoms with Gasteiger partial charge in [-0.15, -0.1) is 0 Å². The van der Waals surface area contributed by atoms with E-state index in [1.54, 1.807) is 0 Å². The predicted molar refractivity (Wildman–Crippen MR) is 144 cm³/mol. The summed E-state index contributed by atoms with van der Waals surface area (Å²) in [4.78, 5) is 23.6. The molecule has 0 radical (unpaired) electrons. The minimum Gasteiger partial charge on any atom is -0.481 e. The molecule has 0 aliphatic rings. The summed E-state index contributed by atoms with van der Waals surface area (Å²) in [5.41, 5.74) is 0.830. The van der Waals surface area contributed by atoms with Crippen molar-refractivity contribution < 1.29 is 19.8 Å². The highest BCUT2D eigenvalue weighted by atomic mass is 16.4. The van der Waals surface area contributed by atoms with E-state index >= 15 is 0 Å². The normalized spacial score (nSPS) is 14.2. The van der Waals surface area contributed by atoms with Crippen LogP contribution in [0.25, 0.3) is 0 Å². The van der Waals surface area contributed by atoms with E-state index < -0.39 is 23.8 Å². The third kappa shape index (κ3) is 20.3. The number of carboxylic acids is 2. The van der Waals surface area contributed by atoms with Crippen LogP contribution in [0.2, 0.25) is 0 Å². The Labute approximate surface area is 211 Å². The topological polar surface area (TPSA) is 74.6 Å². The highest BCUT2D eigenvalue weighted by Gasteiger charge is 2.32. The Kier molecular flexibility index (Phi) is 17.7. The molecule has 2 atom stereocenters. The number of hydrogen-bond donors (Lipinski definition) is 2. The average molecular weight is 483 g/mol. The lowest BCUT2D eigenvalue weighted by atomic mass is 9.84. The molecule has 0 spiro atoms. The molecule has 0 saturated carbocycles. The van der Waals surface area contributed by atoms with Crippen LogP contribution in [0.1, 0.15) is 157 Å². The first-order chi connectivity index (χ1) is 15.8. The van der Waals surface area contributed by atoms with Crippen molar-refractivity contribution in [3.63, 3.8) is 0 Å². The molecule has 0 aliphatic heterocycles. The van der Waals surface area contributed by atoms with Crippen molar-refractivity contribution in [2.24, 2.45) is 22.7 Å². The summed E-state index contributed by atoms with van der Waals surface area (Å²) in [6.07, 6.45) is 19.4. The van der Waals surface area contributed by atoms with Crippen LogP contribution in [0.5, 0.6) is 0 Å². The van der Waals surface area contributed by atoms with Crippen molar-refractivity contribution in [2.45, 2.75) is 157 Å². The van der Waals surface area contributed by atoms with Gasteiger partial charge < -0.3 is 10.2 Å². The summed E-state index contributed by atoms with van der Waals surface area (Å²) in [7, 11) is 0. The molecule has 0 saturated heterocycles. The third-order valence-corrected chi connectivity index (χ3v) is 7.00. The predicted octanol–water partition coefficient (Wildman–Crippen LogP) is 9.50. The van der Waals surface area contributed by atoms with E-state index in [1.165, 1.54) is 64.2 Å². The number of rotatable bonds is 21. The maximum Gasteiger partial charge on any atom is 0.307 e. The fourth-order valence-corrected chi connectivity index (χ4v) is 4.80. The largest absolute Gasteiger partial charge is 0.481 e.